The van der Waals surface area contributed by atoms with Gasteiger partial charge < -0.3 is 10.2 Å². The molecule has 0 aromatic heterocycles. The van der Waals surface area contributed by atoms with Gasteiger partial charge in [0, 0.05) is 6.04 Å². The van der Waals surface area contributed by atoms with Crippen molar-refractivity contribution in [1.82, 2.24) is 10.2 Å². The van der Waals surface area contributed by atoms with Gasteiger partial charge in [-0.1, -0.05) is 26.2 Å². The van der Waals surface area contributed by atoms with Gasteiger partial charge in [0.15, 0.2) is 0 Å². The summed E-state index contributed by atoms with van der Waals surface area (Å²) in [6.45, 7) is 4.16. The molecule has 1 saturated carbocycles. The summed E-state index contributed by atoms with van der Waals surface area (Å²) in [5.74, 6) is 0. The van der Waals surface area contributed by atoms with Gasteiger partial charge in [-0.05, 0) is 45.8 Å². The Balaban J connectivity index is 2.07. The number of hydrogen-bond acceptors (Lipinski definition) is 3. The molecule has 3 heteroatoms. The molecule has 1 aliphatic rings. The minimum atomic E-state index is 0.0370. The Morgan fingerprint density at radius 2 is 2.06 bits per heavy atom. The van der Waals surface area contributed by atoms with E-state index in [4.69, 9.17) is 5.26 Å². The zero-order valence-electron chi connectivity index (χ0n) is 11.4. The molecular weight excluding hydrogens is 210 g/mol. The lowest BCUT2D eigenvalue weighted by Crippen LogP contribution is -2.36. The monoisotopic (exact) mass is 237 g/mol. The first-order valence-electron chi connectivity index (χ1n) is 7.11. The summed E-state index contributed by atoms with van der Waals surface area (Å²) < 4.78 is 0. The molecule has 1 atom stereocenters. The molecule has 1 rings (SSSR count). The molecule has 1 N–H and O–H groups in total. The summed E-state index contributed by atoms with van der Waals surface area (Å²) in [4.78, 5) is 2.51. The van der Waals surface area contributed by atoms with Crippen molar-refractivity contribution in [2.75, 3.05) is 20.1 Å². The van der Waals surface area contributed by atoms with Crippen LogP contribution in [0.2, 0.25) is 0 Å². The SMILES string of the molecule is CCC(C#N)NCCCN(C)C1CCCCC1. The molecular formula is C14H27N3. The lowest BCUT2D eigenvalue weighted by molar-refractivity contribution is 0.189. The fourth-order valence-corrected chi connectivity index (χ4v) is 2.59. The van der Waals surface area contributed by atoms with Gasteiger partial charge in [0.2, 0.25) is 0 Å². The molecule has 3 nitrogen and oxygen atoms in total. The standard InChI is InChI=1S/C14H27N3/c1-3-13(12-15)16-10-7-11-17(2)14-8-5-4-6-9-14/h13-14,16H,3-11H2,1-2H3. The van der Waals surface area contributed by atoms with E-state index in [1.54, 1.807) is 0 Å². The molecule has 1 aliphatic carbocycles. The molecule has 0 amide bonds. The Kier molecular flexibility index (Phi) is 7.23. The van der Waals surface area contributed by atoms with Gasteiger partial charge >= 0.3 is 0 Å². The Morgan fingerprint density at radius 1 is 1.35 bits per heavy atom. The highest BCUT2D eigenvalue weighted by molar-refractivity contribution is 4.88. The van der Waals surface area contributed by atoms with Crippen LogP contribution in [0.25, 0.3) is 0 Å². The number of nitriles is 1. The van der Waals surface area contributed by atoms with Crippen molar-refractivity contribution in [2.45, 2.75) is 64.0 Å². The topological polar surface area (TPSA) is 39.1 Å². The third kappa shape index (κ3) is 5.52. The van der Waals surface area contributed by atoms with Crippen molar-refractivity contribution in [3.8, 4) is 6.07 Å². The maximum atomic E-state index is 8.82. The third-order valence-corrected chi connectivity index (χ3v) is 3.84. The van der Waals surface area contributed by atoms with Crippen LogP contribution in [0.4, 0.5) is 0 Å². The van der Waals surface area contributed by atoms with E-state index in [1.165, 1.54) is 32.1 Å². The van der Waals surface area contributed by atoms with Crippen molar-refractivity contribution < 1.29 is 0 Å². The second-order valence-electron chi connectivity index (χ2n) is 5.17. The lowest BCUT2D eigenvalue weighted by Gasteiger charge is -2.31. The Morgan fingerprint density at radius 3 is 2.65 bits per heavy atom. The van der Waals surface area contributed by atoms with Gasteiger partial charge in [-0.3, -0.25) is 0 Å². The third-order valence-electron chi connectivity index (χ3n) is 3.84. The zero-order valence-corrected chi connectivity index (χ0v) is 11.4. The van der Waals surface area contributed by atoms with Crippen LogP contribution < -0.4 is 5.32 Å². The van der Waals surface area contributed by atoms with Gasteiger partial charge in [0.05, 0.1) is 12.1 Å². The minimum Gasteiger partial charge on any atom is -0.303 e. The minimum absolute atomic E-state index is 0.0370. The normalized spacial score (nSPS) is 19.2. The van der Waals surface area contributed by atoms with Gasteiger partial charge in [0.1, 0.15) is 0 Å². The van der Waals surface area contributed by atoms with Crippen LogP contribution in [0.3, 0.4) is 0 Å². The number of nitrogens with zero attached hydrogens (tertiary/aromatic N) is 2. The molecule has 98 valence electrons. The van der Waals surface area contributed by atoms with E-state index in [2.05, 4.69) is 30.3 Å². The summed E-state index contributed by atoms with van der Waals surface area (Å²) in [5.41, 5.74) is 0. The molecule has 1 unspecified atom stereocenters. The van der Waals surface area contributed by atoms with Crippen molar-refractivity contribution in [1.29, 1.82) is 5.26 Å². The smallest absolute Gasteiger partial charge is 0.0950 e. The summed E-state index contributed by atoms with van der Waals surface area (Å²) in [5, 5.41) is 12.1. The Bertz CT molecular complexity index is 228. The van der Waals surface area contributed by atoms with Crippen LogP contribution in [0.1, 0.15) is 51.9 Å². The summed E-state index contributed by atoms with van der Waals surface area (Å²) >= 11 is 0. The first kappa shape index (κ1) is 14.5. The van der Waals surface area contributed by atoms with Crippen molar-refractivity contribution in [3.63, 3.8) is 0 Å². The zero-order chi connectivity index (χ0) is 12.5. The molecule has 0 aromatic rings. The molecule has 0 aliphatic heterocycles. The predicted octanol–water partition coefficient (Wildman–Crippen LogP) is 2.53. The molecule has 1 fully saturated rings. The fourth-order valence-electron chi connectivity index (χ4n) is 2.59. The van der Waals surface area contributed by atoms with E-state index in [-0.39, 0.29) is 6.04 Å². The molecule has 0 bridgehead atoms. The summed E-state index contributed by atoms with van der Waals surface area (Å²) in [7, 11) is 2.25. The highest BCUT2D eigenvalue weighted by Gasteiger charge is 2.17. The molecule has 0 spiro atoms. The quantitative estimate of drug-likeness (QED) is 0.692. The van der Waals surface area contributed by atoms with Gasteiger partial charge in [0.25, 0.3) is 0 Å². The molecule has 0 saturated heterocycles. The fraction of sp³-hybridized carbons (Fsp3) is 0.929. The van der Waals surface area contributed by atoms with E-state index < -0.39 is 0 Å². The Labute approximate surface area is 106 Å². The summed E-state index contributed by atoms with van der Waals surface area (Å²) in [6, 6.07) is 3.12. The lowest BCUT2D eigenvalue weighted by atomic mass is 9.94. The average Bonchev–Trinajstić information content (AvgIpc) is 2.40. The van der Waals surface area contributed by atoms with Crippen LogP contribution in [-0.2, 0) is 0 Å². The second kappa shape index (κ2) is 8.49. The Hall–Kier alpha value is -0.590. The van der Waals surface area contributed by atoms with Crippen molar-refractivity contribution in [3.05, 3.63) is 0 Å². The maximum Gasteiger partial charge on any atom is 0.0950 e. The van der Waals surface area contributed by atoms with Crippen LogP contribution in [0, 0.1) is 11.3 Å². The van der Waals surface area contributed by atoms with Crippen molar-refractivity contribution in [2.24, 2.45) is 0 Å². The number of hydrogen-bond donors (Lipinski definition) is 1. The van der Waals surface area contributed by atoms with E-state index in [0.29, 0.717) is 0 Å². The van der Waals surface area contributed by atoms with E-state index >= 15 is 0 Å². The van der Waals surface area contributed by atoms with Gasteiger partial charge in [-0.2, -0.15) is 5.26 Å². The molecule has 0 heterocycles. The predicted molar refractivity (Wildman–Crippen MR) is 71.8 cm³/mol. The molecule has 0 aromatic carbocycles. The number of rotatable bonds is 7. The molecule has 0 radical (unpaired) electrons. The van der Waals surface area contributed by atoms with E-state index in [0.717, 1.165) is 32.0 Å². The van der Waals surface area contributed by atoms with Crippen molar-refractivity contribution >= 4 is 0 Å². The average molecular weight is 237 g/mol. The van der Waals surface area contributed by atoms with Crippen LogP contribution >= 0.6 is 0 Å². The highest BCUT2D eigenvalue weighted by Crippen LogP contribution is 2.21. The first-order chi connectivity index (χ1) is 8.27. The molecule has 17 heavy (non-hydrogen) atoms. The van der Waals surface area contributed by atoms with Gasteiger partial charge in [-0.25, -0.2) is 0 Å². The van der Waals surface area contributed by atoms with Crippen LogP contribution in [0.5, 0.6) is 0 Å². The first-order valence-corrected chi connectivity index (χ1v) is 7.11. The summed E-state index contributed by atoms with van der Waals surface area (Å²) in [6.07, 6.45) is 9.02. The van der Waals surface area contributed by atoms with Crippen LogP contribution in [0.15, 0.2) is 0 Å². The highest BCUT2D eigenvalue weighted by atomic mass is 15.1. The number of nitrogens with one attached hydrogen (secondary N) is 1. The second-order valence-corrected chi connectivity index (χ2v) is 5.17. The van der Waals surface area contributed by atoms with Gasteiger partial charge in [-0.15, -0.1) is 0 Å². The van der Waals surface area contributed by atoms with E-state index in [9.17, 15) is 0 Å². The van der Waals surface area contributed by atoms with E-state index in [1.807, 2.05) is 0 Å². The van der Waals surface area contributed by atoms with Crippen LogP contribution in [-0.4, -0.2) is 37.1 Å². The largest absolute Gasteiger partial charge is 0.303 e. The maximum absolute atomic E-state index is 8.82.